The second-order valence-electron chi connectivity index (χ2n) is 8.02. The summed E-state index contributed by atoms with van der Waals surface area (Å²) < 4.78 is 28.8. The Bertz CT molecular complexity index is 792. The molecule has 0 aliphatic carbocycles. The Morgan fingerprint density at radius 3 is 2.11 bits per heavy atom. The maximum Gasteiger partial charge on any atom is 0.282 e. The van der Waals surface area contributed by atoms with Gasteiger partial charge < -0.3 is 9.80 Å². The molecule has 158 valence electrons. The molecule has 0 bridgehead atoms. The summed E-state index contributed by atoms with van der Waals surface area (Å²) in [5, 5.41) is 0.993. The minimum Gasteiger partial charge on any atom is -0.335 e. The number of hydrogen-bond acceptors (Lipinski definition) is 6. The smallest absolute Gasteiger partial charge is 0.282 e. The van der Waals surface area contributed by atoms with E-state index in [-0.39, 0.29) is 5.91 Å². The molecule has 3 heterocycles. The van der Waals surface area contributed by atoms with Gasteiger partial charge in [0.2, 0.25) is 0 Å². The maximum absolute atomic E-state index is 12.9. The van der Waals surface area contributed by atoms with Gasteiger partial charge in [0, 0.05) is 58.8 Å². The zero-order valence-electron chi connectivity index (χ0n) is 17.2. The highest BCUT2D eigenvalue weighted by molar-refractivity contribution is 7.86. The minimum absolute atomic E-state index is 0.0262. The van der Waals surface area contributed by atoms with Crippen molar-refractivity contribution in [3.63, 3.8) is 0 Å². The van der Waals surface area contributed by atoms with E-state index in [1.54, 1.807) is 9.21 Å². The molecule has 2 aliphatic heterocycles. The third kappa shape index (κ3) is 4.73. The highest BCUT2D eigenvalue weighted by Crippen LogP contribution is 2.23. The number of carbonyl (C=O) groups excluding carboxylic acids is 1. The molecule has 0 radical (unpaired) electrons. The molecule has 1 amide bonds. The second-order valence-corrected chi connectivity index (χ2v) is 11.0. The monoisotopic (exact) mass is 429 g/mol. The van der Waals surface area contributed by atoms with Crippen LogP contribution in [-0.2, 0) is 16.6 Å². The molecule has 2 saturated heterocycles. The van der Waals surface area contributed by atoms with Crippen LogP contribution in [0.1, 0.15) is 34.2 Å². The molecule has 8 nitrogen and oxygen atoms in total. The third-order valence-electron chi connectivity index (χ3n) is 5.26. The van der Waals surface area contributed by atoms with E-state index in [0.717, 1.165) is 30.2 Å². The van der Waals surface area contributed by atoms with Crippen LogP contribution in [0, 0.1) is 12.8 Å². The number of aryl methyl sites for hydroxylation is 1. The molecule has 3 rings (SSSR count). The van der Waals surface area contributed by atoms with E-state index in [4.69, 9.17) is 0 Å². The first-order valence-electron chi connectivity index (χ1n) is 9.88. The van der Waals surface area contributed by atoms with Crippen molar-refractivity contribution in [2.45, 2.75) is 27.2 Å². The van der Waals surface area contributed by atoms with Crippen molar-refractivity contribution in [2.24, 2.45) is 5.92 Å². The number of carbonyl (C=O) groups is 1. The molecular formula is C18H31N5O3S2. The first kappa shape index (κ1) is 21.6. The molecule has 0 unspecified atom stereocenters. The van der Waals surface area contributed by atoms with Crippen molar-refractivity contribution in [3.05, 3.63) is 15.6 Å². The molecule has 2 aliphatic rings. The molecular weight excluding hydrogens is 398 g/mol. The Kier molecular flexibility index (Phi) is 6.76. The fourth-order valence-corrected chi connectivity index (χ4v) is 6.36. The van der Waals surface area contributed by atoms with Crippen molar-refractivity contribution in [1.29, 1.82) is 0 Å². The van der Waals surface area contributed by atoms with Gasteiger partial charge in [-0.2, -0.15) is 17.0 Å². The predicted molar refractivity (Wildman–Crippen MR) is 111 cm³/mol. The zero-order chi connectivity index (χ0) is 20.5. The van der Waals surface area contributed by atoms with E-state index in [0.29, 0.717) is 50.1 Å². The van der Waals surface area contributed by atoms with Crippen molar-refractivity contribution < 1.29 is 13.2 Å². The Morgan fingerprint density at radius 2 is 1.57 bits per heavy atom. The Morgan fingerprint density at radius 1 is 1.04 bits per heavy atom. The lowest BCUT2D eigenvalue weighted by molar-refractivity contribution is 0.0696. The van der Waals surface area contributed by atoms with Crippen LogP contribution < -0.4 is 0 Å². The lowest BCUT2D eigenvalue weighted by atomic mass is 10.1. The van der Waals surface area contributed by atoms with Crippen LogP contribution in [-0.4, -0.2) is 97.1 Å². The molecule has 2 fully saturated rings. The molecule has 1 aromatic heterocycles. The number of aromatic nitrogens is 1. The maximum atomic E-state index is 12.9. The predicted octanol–water partition coefficient (Wildman–Crippen LogP) is 0.900. The van der Waals surface area contributed by atoms with Gasteiger partial charge in [-0.3, -0.25) is 4.79 Å². The van der Waals surface area contributed by atoms with Gasteiger partial charge in [-0.1, -0.05) is 13.8 Å². The summed E-state index contributed by atoms with van der Waals surface area (Å²) in [6.45, 7) is 10.2. The van der Waals surface area contributed by atoms with Crippen LogP contribution in [0.4, 0.5) is 0 Å². The minimum atomic E-state index is -3.45. The van der Waals surface area contributed by atoms with Crippen LogP contribution in [0.3, 0.4) is 0 Å². The van der Waals surface area contributed by atoms with Crippen LogP contribution in [0.2, 0.25) is 0 Å². The highest BCUT2D eigenvalue weighted by atomic mass is 32.2. The van der Waals surface area contributed by atoms with E-state index in [9.17, 15) is 13.2 Å². The van der Waals surface area contributed by atoms with Gasteiger partial charge >= 0.3 is 0 Å². The van der Waals surface area contributed by atoms with Gasteiger partial charge in [0.05, 0.1) is 10.7 Å². The van der Waals surface area contributed by atoms with E-state index < -0.39 is 10.2 Å². The summed E-state index contributed by atoms with van der Waals surface area (Å²) in [5.74, 6) is 0.471. The first-order valence-corrected chi connectivity index (χ1v) is 12.1. The Labute approximate surface area is 172 Å². The standard InChI is InChI=1S/C18H31N5O3S2/c1-14(2)13-16-19-15(3)17(27-16)18(24)21-7-11-23(12-8-21)28(25,26)22-9-5-20(4)6-10-22/h14H,5-13H2,1-4H3. The Hall–Kier alpha value is -1.07. The molecule has 0 aromatic carbocycles. The summed E-state index contributed by atoms with van der Waals surface area (Å²) in [6, 6.07) is 0. The molecule has 28 heavy (non-hydrogen) atoms. The van der Waals surface area contributed by atoms with Gasteiger partial charge in [0.25, 0.3) is 16.1 Å². The van der Waals surface area contributed by atoms with E-state index in [1.807, 2.05) is 14.0 Å². The average Bonchev–Trinajstić information content (AvgIpc) is 3.01. The van der Waals surface area contributed by atoms with Gasteiger partial charge in [0.1, 0.15) is 4.88 Å². The lowest BCUT2D eigenvalue weighted by Crippen LogP contribution is -2.57. The molecule has 0 spiro atoms. The normalized spacial score (nSPS) is 20.8. The summed E-state index contributed by atoms with van der Waals surface area (Å²) >= 11 is 1.47. The summed E-state index contributed by atoms with van der Waals surface area (Å²) in [7, 11) is -1.45. The first-order chi connectivity index (χ1) is 13.2. The van der Waals surface area contributed by atoms with Crippen molar-refractivity contribution >= 4 is 27.5 Å². The van der Waals surface area contributed by atoms with Gasteiger partial charge in [-0.25, -0.2) is 4.98 Å². The van der Waals surface area contributed by atoms with Gasteiger partial charge in [-0.15, -0.1) is 11.3 Å². The SMILES string of the molecule is Cc1nc(CC(C)C)sc1C(=O)N1CCN(S(=O)(=O)N2CCN(C)CC2)CC1. The van der Waals surface area contributed by atoms with E-state index in [2.05, 4.69) is 23.7 Å². The molecule has 0 N–H and O–H groups in total. The quantitative estimate of drug-likeness (QED) is 0.695. The van der Waals surface area contributed by atoms with Crippen LogP contribution >= 0.6 is 11.3 Å². The number of amides is 1. The number of rotatable bonds is 5. The summed E-state index contributed by atoms with van der Waals surface area (Å²) in [5.41, 5.74) is 0.776. The number of piperazine rings is 2. The van der Waals surface area contributed by atoms with Crippen molar-refractivity contribution in [3.8, 4) is 0 Å². The van der Waals surface area contributed by atoms with Gasteiger partial charge in [0.15, 0.2) is 0 Å². The molecule has 0 saturated carbocycles. The van der Waals surface area contributed by atoms with E-state index in [1.165, 1.54) is 15.6 Å². The fraction of sp³-hybridized carbons (Fsp3) is 0.778. The topological polar surface area (TPSA) is 77.1 Å². The largest absolute Gasteiger partial charge is 0.335 e. The Balaban J connectivity index is 1.60. The average molecular weight is 430 g/mol. The summed E-state index contributed by atoms with van der Waals surface area (Å²) in [4.78, 5) is 22.0. The fourth-order valence-electron chi connectivity index (χ4n) is 3.53. The van der Waals surface area contributed by atoms with Crippen molar-refractivity contribution in [1.82, 2.24) is 23.4 Å². The lowest BCUT2D eigenvalue weighted by Gasteiger charge is -2.39. The highest BCUT2D eigenvalue weighted by Gasteiger charge is 2.35. The third-order valence-corrected chi connectivity index (χ3v) is 8.46. The number of hydrogen-bond donors (Lipinski definition) is 0. The molecule has 10 heteroatoms. The number of likely N-dealkylation sites (N-methyl/N-ethyl adjacent to an activating group) is 1. The molecule has 1 aromatic rings. The number of thiazole rings is 1. The number of nitrogens with zero attached hydrogens (tertiary/aromatic N) is 5. The van der Waals surface area contributed by atoms with Gasteiger partial charge in [-0.05, 0) is 19.9 Å². The zero-order valence-corrected chi connectivity index (χ0v) is 18.9. The van der Waals surface area contributed by atoms with Crippen molar-refractivity contribution in [2.75, 3.05) is 59.4 Å². The summed E-state index contributed by atoms with van der Waals surface area (Å²) in [6.07, 6.45) is 0.871. The second kappa shape index (κ2) is 8.74. The molecule has 0 atom stereocenters. The van der Waals surface area contributed by atoms with E-state index >= 15 is 0 Å². The van der Waals surface area contributed by atoms with Crippen LogP contribution in [0.25, 0.3) is 0 Å². The van der Waals surface area contributed by atoms with Crippen LogP contribution in [0.15, 0.2) is 0 Å². The van der Waals surface area contributed by atoms with Crippen LogP contribution in [0.5, 0.6) is 0 Å².